The number of aryl methyl sites for hydroxylation is 1. The van der Waals surface area contributed by atoms with Crippen LogP contribution in [0.1, 0.15) is 46.2 Å². The van der Waals surface area contributed by atoms with E-state index in [2.05, 4.69) is 30.5 Å². The molecular formula is C31H25N9O13S3. The molecule has 1 saturated heterocycles. The van der Waals surface area contributed by atoms with Crippen molar-refractivity contribution in [1.29, 1.82) is 0 Å². The normalized spacial score (nSPS) is 16.4. The van der Waals surface area contributed by atoms with Crippen molar-refractivity contribution in [2.45, 2.75) is 37.2 Å². The zero-order chi connectivity index (χ0) is 40.4. The van der Waals surface area contributed by atoms with Crippen LogP contribution in [-0.2, 0) is 28.8 Å². The predicted molar refractivity (Wildman–Crippen MR) is 192 cm³/mol. The number of nitrogen functional groups attached to an aromatic ring is 1. The first-order valence-corrected chi connectivity index (χ1v) is 18.5. The van der Waals surface area contributed by atoms with E-state index in [1.165, 1.54) is 33.8 Å². The first-order valence-electron chi connectivity index (χ1n) is 15.6. The van der Waals surface area contributed by atoms with Gasteiger partial charge in [-0.3, -0.25) is 24.1 Å². The van der Waals surface area contributed by atoms with Gasteiger partial charge in [0.1, 0.15) is 22.1 Å². The molecule has 2 aliphatic heterocycles. The molecular weight excluding hydrogens is 803 g/mol. The van der Waals surface area contributed by atoms with Crippen LogP contribution in [0.15, 0.2) is 51.3 Å². The third-order valence-corrected chi connectivity index (χ3v) is 10.4. The minimum absolute atomic E-state index is 0.0347. The van der Waals surface area contributed by atoms with Gasteiger partial charge in [0.2, 0.25) is 5.88 Å². The molecule has 2 atom stereocenters. The van der Waals surface area contributed by atoms with E-state index in [9.17, 15) is 43.8 Å². The molecule has 290 valence electrons. The third-order valence-electron chi connectivity index (χ3n) is 7.34. The molecule has 2 aliphatic rings. The second-order valence-electron chi connectivity index (χ2n) is 11.4. The number of aromatic nitrogens is 5. The molecule has 5 N–H and O–H groups in total. The van der Waals surface area contributed by atoms with Crippen molar-refractivity contribution in [3.8, 4) is 11.5 Å². The molecule has 1 aromatic carbocycles. The molecule has 0 radical (unpaired) electrons. The van der Waals surface area contributed by atoms with Crippen molar-refractivity contribution in [2.24, 2.45) is 5.16 Å². The Kier molecular flexibility index (Phi) is 11.2. The van der Waals surface area contributed by atoms with Gasteiger partial charge in [0.05, 0.1) is 5.56 Å². The summed E-state index contributed by atoms with van der Waals surface area (Å²) in [6.07, 6.45) is -1.70. The number of esters is 2. The summed E-state index contributed by atoms with van der Waals surface area (Å²) in [5.41, 5.74) is 5.78. The van der Waals surface area contributed by atoms with Gasteiger partial charge < -0.3 is 40.3 Å². The van der Waals surface area contributed by atoms with E-state index >= 15 is 0 Å². The molecule has 56 heavy (non-hydrogen) atoms. The van der Waals surface area contributed by atoms with Crippen LogP contribution in [0.2, 0.25) is 0 Å². The molecule has 0 aliphatic carbocycles. The van der Waals surface area contributed by atoms with Gasteiger partial charge in [0, 0.05) is 42.0 Å². The average molecular weight is 828 g/mol. The van der Waals surface area contributed by atoms with Crippen molar-refractivity contribution in [3.63, 3.8) is 0 Å². The minimum atomic E-state index is -1.70. The highest BCUT2D eigenvalue weighted by Crippen LogP contribution is 2.42. The number of amides is 2. The second-order valence-corrected chi connectivity index (χ2v) is 14.3. The standard InChI is InChI=1S/C31H25N9O13S3/c1-11-6-19(40-30(33-11)36-22(37-40)27(45)46)54-8-15-9-55-26-21(24(44)39(26)25(15)52-31(48)49)35-23(43)20(16-10-56-29(32)34-16)38-53-28(47)14-4-5-17(50-12(2)41)18(7-14)51-13(3)42/h4-7,10,21,26H,8-9H2,1-3H3,(H2,32,34)(H,35,43)(H,45,46)(H,48,49)/b38-20-/t21-,26-/m1/s1. The lowest BCUT2D eigenvalue weighted by atomic mass is 10.1. The monoisotopic (exact) mass is 827 g/mol. The number of hydrogen-bond donors (Lipinski definition) is 4. The molecule has 1 fully saturated rings. The highest BCUT2D eigenvalue weighted by atomic mass is 32.2. The smallest absolute Gasteiger partial charge is 0.475 e. The van der Waals surface area contributed by atoms with Gasteiger partial charge in [-0.25, -0.2) is 24.4 Å². The lowest BCUT2D eigenvalue weighted by molar-refractivity contribution is -0.148. The van der Waals surface area contributed by atoms with Gasteiger partial charge in [0.25, 0.3) is 23.4 Å². The SMILES string of the molecule is CC(=O)Oc1ccc(C(=O)O/N=C(\C(=O)N[C@@H]2C(=O)N3C(OC(=O)O)=C(CSc4cc(C)nc5nc(C(=O)O)nn45)CS[C@H]23)c2csc(N)n2)cc1OC(C)=O. The van der Waals surface area contributed by atoms with E-state index in [0.29, 0.717) is 16.3 Å². The third kappa shape index (κ3) is 8.37. The number of carboxylic acid groups (broad SMARTS) is 2. The van der Waals surface area contributed by atoms with E-state index in [0.717, 1.165) is 47.9 Å². The predicted octanol–water partition coefficient (Wildman–Crippen LogP) is 1.68. The first-order chi connectivity index (χ1) is 26.6. The molecule has 0 bridgehead atoms. The maximum atomic E-state index is 13.6. The van der Waals surface area contributed by atoms with Crippen LogP contribution >= 0.6 is 34.9 Å². The number of fused-ring (bicyclic) bond motifs is 2. The Labute approximate surface area is 325 Å². The Morgan fingerprint density at radius 2 is 1.77 bits per heavy atom. The molecule has 0 spiro atoms. The lowest BCUT2D eigenvalue weighted by Gasteiger charge is -2.49. The Balaban J connectivity index is 1.20. The Morgan fingerprint density at radius 3 is 2.43 bits per heavy atom. The number of benzene rings is 1. The van der Waals surface area contributed by atoms with Gasteiger partial charge in [0.15, 0.2) is 22.3 Å². The quantitative estimate of drug-likeness (QED) is 0.0231. The van der Waals surface area contributed by atoms with Crippen molar-refractivity contribution < 1.29 is 62.8 Å². The maximum absolute atomic E-state index is 13.6. The van der Waals surface area contributed by atoms with Crippen molar-refractivity contribution in [3.05, 3.63) is 63.9 Å². The highest BCUT2D eigenvalue weighted by molar-refractivity contribution is 8.01. The Hall–Kier alpha value is -6.60. The van der Waals surface area contributed by atoms with Gasteiger partial charge in [-0.2, -0.15) is 9.50 Å². The molecule has 0 unspecified atom stereocenters. The van der Waals surface area contributed by atoms with E-state index < -0.39 is 64.8 Å². The number of ether oxygens (including phenoxy) is 3. The number of oxime groups is 1. The number of β-lactam (4-membered cyclic amide) rings is 1. The number of carboxylic acids is 1. The molecule has 3 aromatic heterocycles. The summed E-state index contributed by atoms with van der Waals surface area (Å²) in [6, 6.07) is 3.82. The van der Waals surface area contributed by atoms with Crippen LogP contribution < -0.4 is 20.5 Å². The van der Waals surface area contributed by atoms with E-state index in [-0.39, 0.29) is 51.1 Å². The molecule has 5 heterocycles. The van der Waals surface area contributed by atoms with Gasteiger partial charge >= 0.3 is 30.0 Å². The van der Waals surface area contributed by atoms with Crippen molar-refractivity contribution >= 4 is 93.3 Å². The lowest BCUT2D eigenvalue weighted by Crippen LogP contribution is -2.70. The fourth-order valence-corrected chi connectivity index (χ4v) is 8.12. The summed E-state index contributed by atoms with van der Waals surface area (Å²) in [7, 11) is 0. The molecule has 0 saturated carbocycles. The summed E-state index contributed by atoms with van der Waals surface area (Å²) >= 11 is 3.27. The number of nitrogens with two attached hydrogens (primary N) is 1. The summed E-state index contributed by atoms with van der Waals surface area (Å²) in [6.45, 7) is 3.88. The fourth-order valence-electron chi connectivity index (χ4n) is 5.08. The number of nitrogens with one attached hydrogen (secondary N) is 1. The Morgan fingerprint density at radius 1 is 1.04 bits per heavy atom. The second kappa shape index (κ2) is 16.0. The van der Waals surface area contributed by atoms with Crippen LogP contribution in [0, 0.1) is 6.92 Å². The number of nitrogens with zero attached hydrogens (tertiary/aromatic N) is 7. The summed E-state index contributed by atoms with van der Waals surface area (Å²) in [5.74, 6) is -6.63. The Bertz CT molecular complexity index is 2410. The summed E-state index contributed by atoms with van der Waals surface area (Å²) in [5, 5.41) is 30.0. The number of hydrogen-bond acceptors (Lipinski definition) is 20. The minimum Gasteiger partial charge on any atom is -0.475 e. The van der Waals surface area contributed by atoms with Crippen LogP contribution in [-0.4, -0.2) is 110 Å². The van der Waals surface area contributed by atoms with Crippen LogP contribution in [0.25, 0.3) is 5.78 Å². The van der Waals surface area contributed by atoms with E-state index in [1.807, 2.05) is 0 Å². The average Bonchev–Trinajstić information content (AvgIpc) is 3.76. The molecule has 2 amide bonds. The largest absolute Gasteiger partial charge is 0.512 e. The number of carbonyl (C=O) groups is 7. The van der Waals surface area contributed by atoms with E-state index in [4.69, 9.17) is 24.8 Å². The zero-order valence-corrected chi connectivity index (χ0v) is 31.2. The number of aromatic carboxylic acids is 1. The maximum Gasteiger partial charge on any atom is 0.512 e. The number of rotatable bonds is 12. The van der Waals surface area contributed by atoms with Crippen molar-refractivity contribution in [2.75, 3.05) is 17.2 Å². The van der Waals surface area contributed by atoms with Gasteiger partial charge in [-0.1, -0.05) is 5.16 Å². The van der Waals surface area contributed by atoms with Crippen LogP contribution in [0.5, 0.6) is 11.5 Å². The highest BCUT2D eigenvalue weighted by Gasteiger charge is 2.54. The number of thiazole rings is 1. The van der Waals surface area contributed by atoms with Crippen LogP contribution in [0.4, 0.5) is 9.93 Å². The molecule has 22 nitrogen and oxygen atoms in total. The molecule has 4 aromatic rings. The number of thioether (sulfide) groups is 2. The molecule has 6 rings (SSSR count). The summed E-state index contributed by atoms with van der Waals surface area (Å²) in [4.78, 5) is 105. The summed E-state index contributed by atoms with van der Waals surface area (Å²) < 4.78 is 16.3. The molecule has 25 heteroatoms. The number of anilines is 1. The van der Waals surface area contributed by atoms with Crippen molar-refractivity contribution in [1.82, 2.24) is 34.8 Å². The van der Waals surface area contributed by atoms with Crippen LogP contribution in [0.3, 0.4) is 0 Å². The zero-order valence-electron chi connectivity index (χ0n) is 28.8. The first kappa shape index (κ1) is 39.1. The fraction of sp³-hybridized carbons (Fsp3) is 0.226. The van der Waals surface area contributed by atoms with E-state index in [1.54, 1.807) is 13.0 Å². The van der Waals surface area contributed by atoms with Gasteiger partial charge in [-0.05, 0) is 31.2 Å². The number of carbonyl (C=O) groups excluding carboxylic acids is 5. The van der Waals surface area contributed by atoms with Gasteiger partial charge in [-0.15, -0.1) is 40.0 Å². The topological polar surface area (TPSA) is 306 Å².